The second kappa shape index (κ2) is 6.14. The van der Waals surface area contributed by atoms with Crippen LogP contribution in [0.15, 0.2) is 12.1 Å². The number of hydrogen-bond donors (Lipinski definition) is 1. The van der Waals surface area contributed by atoms with E-state index < -0.39 is 11.6 Å². The summed E-state index contributed by atoms with van der Waals surface area (Å²) >= 11 is 0. The van der Waals surface area contributed by atoms with E-state index in [0.717, 1.165) is 38.8 Å². The Bertz CT molecular complexity index is 376. The van der Waals surface area contributed by atoms with Gasteiger partial charge in [-0.15, -0.1) is 0 Å². The summed E-state index contributed by atoms with van der Waals surface area (Å²) in [4.78, 5) is 1.85. The minimum Gasteiger partial charge on any atom is -0.367 e. The number of nitrogens with zero attached hydrogens (tertiary/aromatic N) is 1. The maximum Gasteiger partial charge on any atom is 0.149 e. The van der Waals surface area contributed by atoms with Crippen LogP contribution >= 0.6 is 0 Å². The van der Waals surface area contributed by atoms with Crippen LogP contribution in [0.4, 0.5) is 14.5 Å². The summed E-state index contributed by atoms with van der Waals surface area (Å²) in [5.74, 6) is -0.885. The van der Waals surface area contributed by atoms with Crippen LogP contribution in [0.3, 0.4) is 0 Å². The van der Waals surface area contributed by atoms with Crippen LogP contribution in [-0.2, 0) is 6.54 Å². The van der Waals surface area contributed by atoms with E-state index in [9.17, 15) is 8.78 Å². The number of halogens is 2. The first kappa shape index (κ1) is 13.3. The molecule has 100 valence electrons. The normalized spacial score (nSPS) is 16.7. The van der Waals surface area contributed by atoms with E-state index in [0.29, 0.717) is 12.1 Å². The lowest BCUT2D eigenvalue weighted by Crippen LogP contribution is -2.26. The van der Waals surface area contributed by atoms with Crippen LogP contribution in [0.2, 0.25) is 0 Å². The minimum absolute atomic E-state index is 0.150. The van der Waals surface area contributed by atoms with Gasteiger partial charge in [0.05, 0.1) is 0 Å². The zero-order valence-electron chi connectivity index (χ0n) is 10.8. The van der Waals surface area contributed by atoms with E-state index >= 15 is 0 Å². The van der Waals surface area contributed by atoms with Crippen molar-refractivity contribution in [3.63, 3.8) is 0 Å². The molecule has 1 aliphatic heterocycles. The highest BCUT2D eigenvalue weighted by Crippen LogP contribution is 2.27. The Balaban J connectivity index is 2.26. The molecule has 0 unspecified atom stereocenters. The van der Waals surface area contributed by atoms with Gasteiger partial charge in [-0.3, -0.25) is 0 Å². The molecule has 0 aliphatic carbocycles. The molecule has 0 spiro atoms. The lowest BCUT2D eigenvalue weighted by molar-refractivity contribution is 0.566. The fraction of sp³-hybridized carbons (Fsp3) is 0.571. The van der Waals surface area contributed by atoms with E-state index in [-0.39, 0.29) is 5.69 Å². The predicted molar refractivity (Wildman–Crippen MR) is 69.8 cm³/mol. The Hall–Kier alpha value is -1.16. The molecule has 2 nitrogen and oxygen atoms in total. The Kier molecular flexibility index (Phi) is 4.53. The van der Waals surface area contributed by atoms with Gasteiger partial charge < -0.3 is 10.2 Å². The average Bonchev–Trinajstić information content (AvgIpc) is 2.57. The van der Waals surface area contributed by atoms with Crippen molar-refractivity contribution in [2.75, 3.05) is 25.0 Å². The van der Waals surface area contributed by atoms with Gasteiger partial charge >= 0.3 is 0 Å². The summed E-state index contributed by atoms with van der Waals surface area (Å²) in [5.41, 5.74) is 0.794. The SMILES string of the molecule is CNCc1cc(F)c(N2CCCCCC2)c(F)c1. The van der Waals surface area contributed by atoms with Gasteiger partial charge in [-0.2, -0.15) is 0 Å². The molecule has 0 aromatic heterocycles. The summed E-state index contributed by atoms with van der Waals surface area (Å²) in [6.45, 7) is 1.98. The average molecular weight is 254 g/mol. The highest BCUT2D eigenvalue weighted by atomic mass is 19.1. The summed E-state index contributed by atoms with van der Waals surface area (Å²) in [7, 11) is 1.76. The van der Waals surface area contributed by atoms with Gasteiger partial charge in [-0.05, 0) is 37.6 Å². The topological polar surface area (TPSA) is 15.3 Å². The monoisotopic (exact) mass is 254 g/mol. The van der Waals surface area contributed by atoms with Gasteiger partial charge in [0.25, 0.3) is 0 Å². The van der Waals surface area contributed by atoms with Gasteiger partial charge in [-0.1, -0.05) is 12.8 Å². The molecule has 18 heavy (non-hydrogen) atoms. The van der Waals surface area contributed by atoms with Crippen LogP contribution in [0.25, 0.3) is 0 Å². The standard InChI is InChI=1S/C14H20F2N2/c1-17-10-11-8-12(15)14(13(16)9-11)18-6-4-2-3-5-7-18/h8-9,17H,2-7,10H2,1H3. The van der Waals surface area contributed by atoms with E-state index in [1.54, 1.807) is 7.05 Å². The van der Waals surface area contributed by atoms with E-state index in [4.69, 9.17) is 0 Å². The largest absolute Gasteiger partial charge is 0.367 e. The molecule has 1 N–H and O–H groups in total. The molecule has 1 aromatic carbocycles. The summed E-state index contributed by atoms with van der Waals surface area (Å²) in [6.07, 6.45) is 4.32. The van der Waals surface area contributed by atoms with Crippen molar-refractivity contribution < 1.29 is 8.78 Å². The lowest BCUT2D eigenvalue weighted by atomic mass is 10.1. The molecule has 1 saturated heterocycles. The van der Waals surface area contributed by atoms with E-state index in [2.05, 4.69) is 5.32 Å². The number of nitrogens with one attached hydrogen (secondary N) is 1. The fourth-order valence-corrected chi connectivity index (χ4v) is 2.52. The quantitative estimate of drug-likeness (QED) is 0.891. The Morgan fingerprint density at radius 3 is 2.11 bits per heavy atom. The van der Waals surface area contributed by atoms with Gasteiger partial charge in [0.2, 0.25) is 0 Å². The number of anilines is 1. The Morgan fingerprint density at radius 2 is 1.61 bits per heavy atom. The summed E-state index contributed by atoms with van der Waals surface area (Å²) in [6, 6.07) is 2.86. The second-order valence-electron chi connectivity index (χ2n) is 4.84. The number of benzene rings is 1. The first-order valence-corrected chi connectivity index (χ1v) is 6.60. The van der Waals surface area contributed by atoms with Crippen molar-refractivity contribution in [3.8, 4) is 0 Å². The minimum atomic E-state index is -0.442. The van der Waals surface area contributed by atoms with Gasteiger partial charge in [0, 0.05) is 19.6 Å². The molecule has 4 heteroatoms. The summed E-state index contributed by atoms with van der Waals surface area (Å²) < 4.78 is 28.1. The van der Waals surface area contributed by atoms with Crippen LogP contribution in [0.5, 0.6) is 0 Å². The zero-order valence-corrected chi connectivity index (χ0v) is 10.8. The highest BCUT2D eigenvalue weighted by Gasteiger charge is 2.19. The van der Waals surface area contributed by atoms with Gasteiger partial charge in [0.1, 0.15) is 17.3 Å². The van der Waals surface area contributed by atoms with Crippen LogP contribution in [-0.4, -0.2) is 20.1 Å². The van der Waals surface area contributed by atoms with Crippen molar-refractivity contribution in [3.05, 3.63) is 29.3 Å². The third kappa shape index (κ3) is 2.99. The fourth-order valence-electron chi connectivity index (χ4n) is 2.52. The lowest BCUT2D eigenvalue weighted by Gasteiger charge is -2.24. The molecule has 1 heterocycles. The number of rotatable bonds is 3. The van der Waals surface area contributed by atoms with Gasteiger partial charge in [0.15, 0.2) is 0 Å². The zero-order chi connectivity index (χ0) is 13.0. The first-order chi connectivity index (χ1) is 8.72. The molecule has 2 rings (SSSR count). The van der Waals surface area contributed by atoms with Crippen molar-refractivity contribution in [2.24, 2.45) is 0 Å². The highest BCUT2D eigenvalue weighted by molar-refractivity contribution is 5.50. The maximum absolute atomic E-state index is 14.0. The van der Waals surface area contributed by atoms with Crippen molar-refractivity contribution in [1.82, 2.24) is 5.32 Å². The summed E-state index contributed by atoms with van der Waals surface area (Å²) in [5, 5.41) is 2.90. The van der Waals surface area contributed by atoms with Crippen LogP contribution in [0, 0.1) is 11.6 Å². The molecule has 0 amide bonds. The molecule has 1 aromatic rings. The van der Waals surface area contributed by atoms with Crippen molar-refractivity contribution in [1.29, 1.82) is 0 Å². The van der Waals surface area contributed by atoms with Crippen molar-refractivity contribution >= 4 is 5.69 Å². The smallest absolute Gasteiger partial charge is 0.149 e. The molecule has 0 atom stereocenters. The predicted octanol–water partition coefficient (Wildman–Crippen LogP) is 3.06. The van der Waals surface area contributed by atoms with E-state index in [1.807, 2.05) is 4.90 Å². The van der Waals surface area contributed by atoms with Crippen LogP contribution in [0.1, 0.15) is 31.2 Å². The molecule has 1 fully saturated rings. The Morgan fingerprint density at radius 1 is 1.06 bits per heavy atom. The molecule has 0 radical (unpaired) electrons. The molecular formula is C14H20F2N2. The molecule has 1 aliphatic rings. The molecule has 0 bridgehead atoms. The van der Waals surface area contributed by atoms with E-state index in [1.165, 1.54) is 12.1 Å². The van der Waals surface area contributed by atoms with Gasteiger partial charge in [-0.25, -0.2) is 8.78 Å². The first-order valence-electron chi connectivity index (χ1n) is 6.60. The van der Waals surface area contributed by atoms with Crippen molar-refractivity contribution in [2.45, 2.75) is 32.2 Å². The second-order valence-corrected chi connectivity index (χ2v) is 4.84. The third-order valence-electron chi connectivity index (χ3n) is 3.38. The Labute approximate surface area is 107 Å². The maximum atomic E-state index is 14.0. The number of hydrogen-bond acceptors (Lipinski definition) is 2. The molecule has 0 saturated carbocycles. The molecular weight excluding hydrogens is 234 g/mol. The van der Waals surface area contributed by atoms with Crippen LogP contribution < -0.4 is 10.2 Å². The third-order valence-corrected chi connectivity index (χ3v) is 3.38.